The van der Waals surface area contributed by atoms with Gasteiger partial charge in [0.25, 0.3) is 5.91 Å². The van der Waals surface area contributed by atoms with Crippen molar-refractivity contribution in [3.63, 3.8) is 0 Å². The van der Waals surface area contributed by atoms with Gasteiger partial charge in [0.15, 0.2) is 0 Å². The van der Waals surface area contributed by atoms with Gasteiger partial charge in [0, 0.05) is 29.0 Å². The third kappa shape index (κ3) is 3.42. The van der Waals surface area contributed by atoms with Crippen LogP contribution in [0.15, 0.2) is 55.3 Å². The Morgan fingerprint density at radius 1 is 1.12 bits per heavy atom. The number of anilines is 2. The molecule has 2 aromatic heterocycles. The van der Waals surface area contributed by atoms with Gasteiger partial charge in [0.2, 0.25) is 5.91 Å². The Balaban J connectivity index is 1.87. The molecule has 0 radical (unpaired) electrons. The number of nitrogens with zero attached hydrogens (tertiary/aromatic N) is 2. The first kappa shape index (κ1) is 16.4. The summed E-state index contributed by atoms with van der Waals surface area (Å²) in [7, 11) is 0. The lowest BCUT2D eigenvalue weighted by Crippen LogP contribution is -2.13. The van der Waals surface area contributed by atoms with Crippen LogP contribution in [-0.4, -0.2) is 21.2 Å². The maximum absolute atomic E-state index is 12.6. The first-order valence-corrected chi connectivity index (χ1v) is 7.78. The van der Waals surface area contributed by atoms with Crippen molar-refractivity contribution in [3.8, 4) is 0 Å². The van der Waals surface area contributed by atoms with Crippen LogP contribution in [-0.2, 0) is 4.79 Å². The summed E-state index contributed by atoms with van der Waals surface area (Å²) in [6.45, 7) is 7.28. The molecule has 0 aliphatic carbocycles. The largest absolute Gasteiger partial charge is 0.322 e. The highest BCUT2D eigenvalue weighted by molar-refractivity contribution is 6.09. The summed E-state index contributed by atoms with van der Waals surface area (Å²) in [5.41, 5.74) is 4.13. The number of rotatable bonds is 4. The van der Waals surface area contributed by atoms with Gasteiger partial charge in [0.05, 0.1) is 5.56 Å². The van der Waals surface area contributed by atoms with E-state index in [1.807, 2.05) is 30.5 Å². The molecule has 126 valence electrons. The molecule has 2 N–H and O–H groups in total. The van der Waals surface area contributed by atoms with Crippen LogP contribution in [0.5, 0.6) is 0 Å². The van der Waals surface area contributed by atoms with Gasteiger partial charge in [-0.05, 0) is 50.3 Å². The van der Waals surface area contributed by atoms with Crippen molar-refractivity contribution in [1.82, 2.24) is 9.38 Å². The van der Waals surface area contributed by atoms with Crippen LogP contribution < -0.4 is 10.6 Å². The molecule has 2 heterocycles. The average molecular weight is 334 g/mol. The molecule has 3 rings (SSSR count). The number of hydrogen-bond donors (Lipinski definition) is 2. The maximum Gasteiger partial charge on any atom is 0.259 e. The van der Waals surface area contributed by atoms with E-state index in [-0.39, 0.29) is 11.8 Å². The first-order chi connectivity index (χ1) is 12.0. The molecular weight excluding hydrogens is 316 g/mol. The average Bonchev–Trinajstić information content (AvgIpc) is 2.99. The van der Waals surface area contributed by atoms with E-state index in [0.717, 1.165) is 11.4 Å². The van der Waals surface area contributed by atoms with Crippen LogP contribution in [0, 0.1) is 13.8 Å². The fourth-order valence-corrected chi connectivity index (χ4v) is 2.64. The molecule has 0 aliphatic rings. The van der Waals surface area contributed by atoms with Gasteiger partial charge in [-0.2, -0.15) is 0 Å². The summed E-state index contributed by atoms with van der Waals surface area (Å²) in [6, 6.07) is 10.6. The molecule has 0 spiro atoms. The molecule has 3 aromatic rings. The number of carbonyl (C=O) groups is 2. The topological polar surface area (TPSA) is 75.5 Å². The summed E-state index contributed by atoms with van der Waals surface area (Å²) >= 11 is 0. The van der Waals surface area contributed by atoms with Gasteiger partial charge in [-0.3, -0.25) is 9.59 Å². The van der Waals surface area contributed by atoms with Crippen LogP contribution >= 0.6 is 0 Å². The number of nitrogens with one attached hydrogen (secondary N) is 2. The standard InChI is InChI=1S/C19H18N4O2/c1-4-17(24)21-14-6-5-7-15(11-14)22-19(25)16-8-9-23-13(3)10-12(2)20-18(16)23/h4-11H,1H2,2-3H3,(H,21,24)(H,22,25). The van der Waals surface area contributed by atoms with Crippen LogP contribution in [0.1, 0.15) is 21.7 Å². The molecule has 6 heteroatoms. The second kappa shape index (κ2) is 6.60. The quantitative estimate of drug-likeness (QED) is 0.719. The predicted molar refractivity (Wildman–Crippen MR) is 97.9 cm³/mol. The van der Waals surface area contributed by atoms with Gasteiger partial charge in [0.1, 0.15) is 5.65 Å². The van der Waals surface area contributed by atoms with E-state index in [0.29, 0.717) is 22.6 Å². The van der Waals surface area contributed by atoms with Crippen molar-refractivity contribution in [1.29, 1.82) is 0 Å². The summed E-state index contributed by atoms with van der Waals surface area (Å²) in [5, 5.41) is 5.50. The van der Waals surface area contributed by atoms with E-state index < -0.39 is 0 Å². The van der Waals surface area contributed by atoms with Gasteiger partial charge in [-0.15, -0.1) is 0 Å². The second-order valence-corrected chi connectivity index (χ2v) is 5.69. The molecule has 1 aromatic carbocycles. The minimum absolute atomic E-state index is 0.257. The normalized spacial score (nSPS) is 10.5. The molecule has 0 unspecified atom stereocenters. The first-order valence-electron chi connectivity index (χ1n) is 7.78. The number of amides is 2. The molecule has 25 heavy (non-hydrogen) atoms. The molecule has 6 nitrogen and oxygen atoms in total. The zero-order chi connectivity index (χ0) is 18.0. The zero-order valence-corrected chi connectivity index (χ0v) is 14.0. The van der Waals surface area contributed by atoms with Crippen molar-refractivity contribution < 1.29 is 9.59 Å². The molecule has 0 bridgehead atoms. The molecule has 2 amide bonds. The van der Waals surface area contributed by atoms with E-state index in [4.69, 9.17) is 0 Å². The Bertz CT molecular complexity index is 988. The minimum Gasteiger partial charge on any atom is -0.322 e. The highest BCUT2D eigenvalue weighted by Crippen LogP contribution is 2.19. The second-order valence-electron chi connectivity index (χ2n) is 5.69. The zero-order valence-electron chi connectivity index (χ0n) is 14.0. The number of carbonyl (C=O) groups excluding carboxylic acids is 2. The molecule has 0 saturated heterocycles. The lowest BCUT2D eigenvalue weighted by Gasteiger charge is -2.08. The summed E-state index contributed by atoms with van der Waals surface area (Å²) in [4.78, 5) is 28.5. The SMILES string of the molecule is C=CC(=O)Nc1cccc(NC(=O)c2ccn3c(C)cc(C)nc23)c1. The van der Waals surface area contributed by atoms with E-state index in [9.17, 15) is 9.59 Å². The highest BCUT2D eigenvalue weighted by Gasteiger charge is 2.14. The monoisotopic (exact) mass is 334 g/mol. The highest BCUT2D eigenvalue weighted by atomic mass is 16.2. The summed E-state index contributed by atoms with van der Waals surface area (Å²) < 4.78 is 1.88. The molecule has 0 atom stereocenters. The van der Waals surface area contributed by atoms with Crippen molar-refractivity contribution >= 4 is 28.8 Å². The predicted octanol–water partition coefficient (Wildman–Crippen LogP) is 3.33. The smallest absolute Gasteiger partial charge is 0.259 e. The van der Waals surface area contributed by atoms with Gasteiger partial charge >= 0.3 is 0 Å². The molecule has 0 aliphatic heterocycles. The van der Waals surface area contributed by atoms with Crippen molar-refractivity contribution in [2.24, 2.45) is 0 Å². The Morgan fingerprint density at radius 2 is 1.84 bits per heavy atom. The van der Waals surface area contributed by atoms with Crippen molar-refractivity contribution in [2.45, 2.75) is 13.8 Å². The van der Waals surface area contributed by atoms with Crippen molar-refractivity contribution in [3.05, 3.63) is 72.2 Å². The summed E-state index contributed by atoms with van der Waals surface area (Å²) in [6.07, 6.45) is 3.02. The molecular formula is C19H18N4O2. The number of benzene rings is 1. The third-order valence-electron chi connectivity index (χ3n) is 3.76. The molecule has 0 saturated carbocycles. The number of hydrogen-bond acceptors (Lipinski definition) is 3. The van der Waals surface area contributed by atoms with E-state index >= 15 is 0 Å². The van der Waals surface area contributed by atoms with Gasteiger partial charge in [-0.1, -0.05) is 12.6 Å². The Morgan fingerprint density at radius 3 is 2.56 bits per heavy atom. The van der Waals surface area contributed by atoms with Crippen LogP contribution in [0.2, 0.25) is 0 Å². The Labute approximate surface area is 145 Å². The van der Waals surface area contributed by atoms with Crippen LogP contribution in [0.4, 0.5) is 11.4 Å². The lowest BCUT2D eigenvalue weighted by molar-refractivity contribution is -0.111. The van der Waals surface area contributed by atoms with Crippen molar-refractivity contribution in [2.75, 3.05) is 10.6 Å². The Kier molecular flexibility index (Phi) is 4.35. The molecule has 0 fully saturated rings. The number of aryl methyl sites for hydroxylation is 2. The summed E-state index contributed by atoms with van der Waals surface area (Å²) in [5.74, 6) is -0.566. The van der Waals surface area contributed by atoms with Gasteiger partial charge in [-0.25, -0.2) is 4.98 Å². The van der Waals surface area contributed by atoms with E-state index in [1.54, 1.807) is 30.3 Å². The van der Waals surface area contributed by atoms with Gasteiger partial charge < -0.3 is 15.0 Å². The number of aromatic nitrogens is 2. The van der Waals surface area contributed by atoms with Crippen LogP contribution in [0.25, 0.3) is 5.65 Å². The minimum atomic E-state index is -0.308. The Hall–Kier alpha value is -3.41. The third-order valence-corrected chi connectivity index (χ3v) is 3.76. The lowest BCUT2D eigenvalue weighted by atomic mass is 10.2. The van der Waals surface area contributed by atoms with E-state index in [1.165, 1.54) is 6.08 Å². The maximum atomic E-state index is 12.6. The van der Waals surface area contributed by atoms with Crippen LogP contribution in [0.3, 0.4) is 0 Å². The number of fused-ring (bicyclic) bond motifs is 1. The fraction of sp³-hybridized carbons (Fsp3) is 0.105. The van der Waals surface area contributed by atoms with E-state index in [2.05, 4.69) is 22.2 Å². The fourth-order valence-electron chi connectivity index (χ4n) is 2.64.